The zero-order valence-corrected chi connectivity index (χ0v) is 9.31. The van der Waals surface area contributed by atoms with Crippen molar-refractivity contribution < 1.29 is 13.2 Å². The normalized spacial score (nSPS) is 12.4. The summed E-state index contributed by atoms with van der Waals surface area (Å²) in [6, 6.07) is 1.83. The van der Waals surface area contributed by atoms with Gasteiger partial charge in [0.1, 0.15) is 5.54 Å². The number of hydrogen-bond donors (Lipinski definition) is 2. The van der Waals surface area contributed by atoms with Crippen LogP contribution < -0.4 is 9.44 Å². The summed E-state index contributed by atoms with van der Waals surface area (Å²) in [5, 5.41) is 8.60. The zero-order valence-electron chi connectivity index (χ0n) is 8.49. The largest absolute Gasteiger partial charge is 0.383 e. The predicted octanol–water partition coefficient (Wildman–Crippen LogP) is -0.641. The molecule has 7 heteroatoms. The van der Waals surface area contributed by atoms with Crippen molar-refractivity contribution >= 4 is 10.2 Å². The molecule has 0 saturated carbocycles. The molecule has 0 saturated heterocycles. The highest BCUT2D eigenvalue weighted by atomic mass is 32.2. The van der Waals surface area contributed by atoms with Gasteiger partial charge in [0.2, 0.25) is 0 Å². The van der Waals surface area contributed by atoms with Gasteiger partial charge in [-0.05, 0) is 13.8 Å². The number of nitrogens with zero attached hydrogens (tertiary/aromatic N) is 1. The number of methoxy groups -OCH3 is 1. The summed E-state index contributed by atoms with van der Waals surface area (Å²) >= 11 is 0. The van der Waals surface area contributed by atoms with E-state index in [9.17, 15) is 8.42 Å². The van der Waals surface area contributed by atoms with Gasteiger partial charge in [0.05, 0.1) is 12.7 Å². The van der Waals surface area contributed by atoms with Crippen molar-refractivity contribution in [2.24, 2.45) is 0 Å². The molecule has 0 unspecified atom stereocenters. The molecule has 2 N–H and O–H groups in total. The quantitative estimate of drug-likeness (QED) is 0.584. The maximum atomic E-state index is 11.3. The van der Waals surface area contributed by atoms with E-state index in [0.29, 0.717) is 0 Å². The van der Waals surface area contributed by atoms with Gasteiger partial charge >= 0.3 is 0 Å². The SMILES string of the molecule is COCCNS(=O)(=O)NC(C)(C)C#N. The molecule has 0 aromatic rings. The standard InChI is InChI=1S/C7H15N3O3S/c1-7(2,6-8)10-14(11,12)9-4-5-13-3/h9-10H,4-5H2,1-3H3. The first kappa shape index (κ1) is 13.3. The lowest BCUT2D eigenvalue weighted by Gasteiger charge is -2.17. The molecule has 0 spiro atoms. The molecule has 0 amide bonds. The zero-order chi connectivity index (χ0) is 11.2. The van der Waals surface area contributed by atoms with E-state index >= 15 is 0 Å². The Balaban J connectivity index is 4.17. The highest BCUT2D eigenvalue weighted by Gasteiger charge is 2.23. The molecule has 0 bridgehead atoms. The van der Waals surface area contributed by atoms with Crippen LogP contribution in [0.2, 0.25) is 0 Å². The van der Waals surface area contributed by atoms with Gasteiger partial charge < -0.3 is 4.74 Å². The summed E-state index contributed by atoms with van der Waals surface area (Å²) in [5.41, 5.74) is -1.11. The lowest BCUT2D eigenvalue weighted by atomic mass is 10.1. The van der Waals surface area contributed by atoms with Crippen LogP contribution in [-0.4, -0.2) is 34.2 Å². The van der Waals surface area contributed by atoms with Crippen molar-refractivity contribution in [2.75, 3.05) is 20.3 Å². The van der Waals surface area contributed by atoms with Gasteiger partial charge in [0, 0.05) is 13.7 Å². The van der Waals surface area contributed by atoms with E-state index in [1.54, 1.807) is 0 Å². The fourth-order valence-electron chi connectivity index (χ4n) is 0.673. The molecule has 0 aliphatic rings. The first-order valence-corrected chi connectivity index (χ1v) is 5.50. The van der Waals surface area contributed by atoms with Crippen LogP contribution in [0.25, 0.3) is 0 Å². The summed E-state index contributed by atoms with van der Waals surface area (Å²) in [6.45, 7) is 3.41. The topological polar surface area (TPSA) is 91.2 Å². The number of hydrogen-bond acceptors (Lipinski definition) is 4. The van der Waals surface area contributed by atoms with E-state index in [-0.39, 0.29) is 13.2 Å². The summed E-state index contributed by atoms with van der Waals surface area (Å²) < 4.78 is 31.6. The lowest BCUT2D eigenvalue weighted by Crippen LogP contribution is -2.48. The monoisotopic (exact) mass is 221 g/mol. The van der Waals surface area contributed by atoms with Crippen LogP contribution in [0, 0.1) is 11.3 Å². The third kappa shape index (κ3) is 5.88. The van der Waals surface area contributed by atoms with Crippen LogP contribution in [-0.2, 0) is 14.9 Å². The Morgan fingerprint density at radius 1 is 1.50 bits per heavy atom. The molecular weight excluding hydrogens is 206 g/mol. The fraction of sp³-hybridized carbons (Fsp3) is 0.857. The van der Waals surface area contributed by atoms with E-state index in [0.717, 1.165) is 0 Å². The van der Waals surface area contributed by atoms with Gasteiger partial charge in [-0.25, -0.2) is 0 Å². The Morgan fingerprint density at radius 2 is 2.07 bits per heavy atom. The van der Waals surface area contributed by atoms with Gasteiger partial charge in [-0.1, -0.05) is 0 Å². The second-order valence-corrected chi connectivity index (χ2v) is 4.73. The van der Waals surface area contributed by atoms with Gasteiger partial charge in [-0.15, -0.1) is 0 Å². The minimum atomic E-state index is -3.63. The third-order valence-electron chi connectivity index (χ3n) is 1.27. The molecule has 6 nitrogen and oxygen atoms in total. The Kier molecular flexibility index (Phi) is 5.01. The average Bonchev–Trinajstić information content (AvgIpc) is 2.03. The minimum absolute atomic E-state index is 0.174. The molecule has 0 aromatic carbocycles. The van der Waals surface area contributed by atoms with Gasteiger partial charge in [-0.3, -0.25) is 0 Å². The average molecular weight is 221 g/mol. The van der Waals surface area contributed by atoms with E-state index in [1.807, 2.05) is 6.07 Å². The molecule has 0 atom stereocenters. The minimum Gasteiger partial charge on any atom is -0.383 e. The molecule has 0 fully saturated rings. The summed E-state index contributed by atoms with van der Waals surface area (Å²) in [7, 11) is -2.15. The van der Waals surface area contributed by atoms with Gasteiger partial charge in [0.15, 0.2) is 0 Å². The van der Waals surface area contributed by atoms with Crippen molar-refractivity contribution in [2.45, 2.75) is 19.4 Å². The number of nitrogens with one attached hydrogen (secondary N) is 2. The predicted molar refractivity (Wildman–Crippen MR) is 51.6 cm³/mol. The molecule has 0 heterocycles. The van der Waals surface area contributed by atoms with Gasteiger partial charge in [-0.2, -0.15) is 23.1 Å². The number of ether oxygens (including phenoxy) is 1. The summed E-state index contributed by atoms with van der Waals surface area (Å²) in [5.74, 6) is 0. The Bertz CT molecular complexity index is 305. The maximum Gasteiger partial charge on any atom is 0.278 e. The van der Waals surface area contributed by atoms with Crippen LogP contribution in [0.1, 0.15) is 13.8 Å². The number of rotatable bonds is 6. The van der Waals surface area contributed by atoms with Crippen LogP contribution in [0.5, 0.6) is 0 Å². The van der Waals surface area contributed by atoms with E-state index in [4.69, 9.17) is 5.26 Å². The molecule has 0 radical (unpaired) electrons. The van der Waals surface area contributed by atoms with Crippen molar-refractivity contribution in [3.63, 3.8) is 0 Å². The van der Waals surface area contributed by atoms with E-state index < -0.39 is 15.7 Å². The van der Waals surface area contributed by atoms with Crippen LogP contribution in [0.3, 0.4) is 0 Å². The first-order chi connectivity index (χ1) is 6.33. The Labute approximate surface area is 84.4 Å². The van der Waals surface area contributed by atoms with Crippen LogP contribution in [0.4, 0.5) is 0 Å². The van der Waals surface area contributed by atoms with Crippen molar-refractivity contribution in [3.8, 4) is 6.07 Å². The second kappa shape index (κ2) is 5.26. The summed E-state index contributed by atoms with van der Waals surface area (Å²) in [6.07, 6.45) is 0. The lowest BCUT2D eigenvalue weighted by molar-refractivity contribution is 0.204. The van der Waals surface area contributed by atoms with E-state index in [1.165, 1.54) is 21.0 Å². The van der Waals surface area contributed by atoms with Gasteiger partial charge in [0.25, 0.3) is 10.2 Å². The van der Waals surface area contributed by atoms with Crippen molar-refractivity contribution in [1.29, 1.82) is 5.26 Å². The second-order valence-electron chi connectivity index (χ2n) is 3.23. The molecule has 0 aliphatic heterocycles. The smallest absolute Gasteiger partial charge is 0.278 e. The maximum absolute atomic E-state index is 11.3. The van der Waals surface area contributed by atoms with Crippen LogP contribution >= 0.6 is 0 Å². The first-order valence-electron chi connectivity index (χ1n) is 4.02. The molecule has 82 valence electrons. The highest BCUT2D eigenvalue weighted by Crippen LogP contribution is 2.00. The van der Waals surface area contributed by atoms with Crippen LogP contribution in [0.15, 0.2) is 0 Å². The van der Waals surface area contributed by atoms with Crippen molar-refractivity contribution in [3.05, 3.63) is 0 Å². The molecule has 0 aliphatic carbocycles. The summed E-state index contributed by atoms with van der Waals surface area (Å²) in [4.78, 5) is 0. The highest BCUT2D eigenvalue weighted by molar-refractivity contribution is 7.87. The molecule has 0 rings (SSSR count). The Morgan fingerprint density at radius 3 is 2.50 bits per heavy atom. The fourth-order valence-corrected chi connectivity index (χ4v) is 1.81. The molecule has 0 aromatic heterocycles. The molecular formula is C7H15N3O3S. The Hall–Kier alpha value is -0.680. The van der Waals surface area contributed by atoms with Crippen molar-refractivity contribution in [1.82, 2.24) is 9.44 Å². The molecule has 14 heavy (non-hydrogen) atoms. The number of nitriles is 1. The van der Waals surface area contributed by atoms with E-state index in [2.05, 4.69) is 14.2 Å². The third-order valence-corrected chi connectivity index (χ3v) is 2.63.